The predicted molar refractivity (Wildman–Crippen MR) is 73.2 cm³/mol. The minimum absolute atomic E-state index is 0.0507. The van der Waals surface area contributed by atoms with Crippen LogP contribution in [0, 0.1) is 0 Å². The van der Waals surface area contributed by atoms with Crippen LogP contribution in [0.4, 0.5) is 5.69 Å². The van der Waals surface area contributed by atoms with Crippen molar-refractivity contribution in [3.63, 3.8) is 0 Å². The first-order valence-corrected chi connectivity index (χ1v) is 7.15. The van der Waals surface area contributed by atoms with Gasteiger partial charge >= 0.3 is 0 Å². The smallest absolute Gasteiger partial charge is 0.238 e. The highest BCUT2D eigenvalue weighted by molar-refractivity contribution is 7.89. The molecule has 0 saturated carbocycles. The van der Waals surface area contributed by atoms with Gasteiger partial charge in [0.25, 0.3) is 0 Å². The summed E-state index contributed by atoms with van der Waals surface area (Å²) < 4.78 is 22.4. The van der Waals surface area contributed by atoms with Crippen molar-refractivity contribution in [3.8, 4) is 5.75 Å². The number of anilines is 1. The first-order chi connectivity index (χ1) is 8.97. The Labute approximate surface area is 111 Å². The van der Waals surface area contributed by atoms with Gasteiger partial charge in [0.15, 0.2) is 0 Å². The maximum Gasteiger partial charge on any atom is 0.238 e. The highest BCUT2D eigenvalue weighted by Crippen LogP contribution is 2.19. The number of rotatable bonds is 4. The Morgan fingerprint density at radius 1 is 1.11 bits per heavy atom. The third kappa shape index (κ3) is 3.46. The van der Waals surface area contributed by atoms with Gasteiger partial charge in [0.05, 0.1) is 4.90 Å². The fraction of sp³-hybridized carbons (Fsp3) is 0.0769. The summed E-state index contributed by atoms with van der Waals surface area (Å²) in [5, 5.41) is 17.7. The monoisotopic (exact) mass is 278 g/mol. The largest absolute Gasteiger partial charge is 0.508 e. The molecule has 0 bridgehead atoms. The van der Waals surface area contributed by atoms with Crippen LogP contribution in [0.15, 0.2) is 53.4 Å². The van der Waals surface area contributed by atoms with Crippen LogP contribution in [0.25, 0.3) is 0 Å². The molecular formula is C13H14N2O3S. The van der Waals surface area contributed by atoms with Crippen molar-refractivity contribution in [1.29, 1.82) is 0 Å². The molecule has 6 heteroatoms. The highest BCUT2D eigenvalue weighted by atomic mass is 32.2. The zero-order valence-electron chi connectivity index (χ0n) is 10.1. The molecule has 0 atom stereocenters. The molecule has 0 heterocycles. The standard InChI is InChI=1S/C13H14N2O3S/c14-19(17,18)12-6-3-5-11(8-12)15-9-10-4-1-2-7-13(10)16/h1-8,15-16H,9H2,(H2,14,17,18). The Morgan fingerprint density at radius 3 is 2.53 bits per heavy atom. The fourth-order valence-corrected chi connectivity index (χ4v) is 2.20. The van der Waals surface area contributed by atoms with Crippen molar-refractivity contribution in [2.24, 2.45) is 5.14 Å². The summed E-state index contributed by atoms with van der Waals surface area (Å²) in [6, 6.07) is 13.2. The molecule has 0 aliphatic rings. The van der Waals surface area contributed by atoms with Crippen molar-refractivity contribution in [1.82, 2.24) is 0 Å². The molecule has 0 unspecified atom stereocenters. The number of para-hydroxylation sites is 1. The lowest BCUT2D eigenvalue weighted by atomic mass is 10.2. The van der Waals surface area contributed by atoms with Crippen LogP contribution in [0.1, 0.15) is 5.56 Å². The van der Waals surface area contributed by atoms with Gasteiger partial charge in [-0.25, -0.2) is 13.6 Å². The quantitative estimate of drug-likeness (QED) is 0.793. The van der Waals surface area contributed by atoms with E-state index in [-0.39, 0.29) is 10.6 Å². The van der Waals surface area contributed by atoms with E-state index in [4.69, 9.17) is 5.14 Å². The number of hydrogen-bond donors (Lipinski definition) is 3. The lowest BCUT2D eigenvalue weighted by Gasteiger charge is -2.09. The molecule has 0 aliphatic heterocycles. The molecule has 0 spiro atoms. The van der Waals surface area contributed by atoms with E-state index in [1.54, 1.807) is 30.3 Å². The number of hydrogen-bond acceptors (Lipinski definition) is 4. The molecule has 2 rings (SSSR count). The number of aromatic hydroxyl groups is 1. The zero-order chi connectivity index (χ0) is 13.9. The molecule has 0 aromatic heterocycles. The Morgan fingerprint density at radius 2 is 1.84 bits per heavy atom. The van der Waals surface area contributed by atoms with Crippen molar-refractivity contribution < 1.29 is 13.5 Å². The predicted octanol–water partition coefficient (Wildman–Crippen LogP) is 1.65. The number of nitrogens with one attached hydrogen (secondary N) is 1. The van der Waals surface area contributed by atoms with Gasteiger partial charge in [-0.3, -0.25) is 0 Å². The number of benzene rings is 2. The molecule has 100 valence electrons. The van der Waals surface area contributed by atoms with Crippen molar-refractivity contribution >= 4 is 15.7 Å². The first kappa shape index (κ1) is 13.4. The number of sulfonamides is 1. The van der Waals surface area contributed by atoms with Crippen LogP contribution in [0.3, 0.4) is 0 Å². The van der Waals surface area contributed by atoms with Crippen LogP contribution in [0.2, 0.25) is 0 Å². The number of primary sulfonamides is 1. The van der Waals surface area contributed by atoms with Crippen LogP contribution >= 0.6 is 0 Å². The molecule has 2 aromatic rings. The van der Waals surface area contributed by atoms with Crippen molar-refractivity contribution in [2.45, 2.75) is 11.4 Å². The fourth-order valence-electron chi connectivity index (χ4n) is 1.64. The van der Waals surface area contributed by atoms with E-state index in [0.717, 1.165) is 5.56 Å². The number of phenols is 1. The van der Waals surface area contributed by atoms with Gasteiger partial charge in [-0.2, -0.15) is 0 Å². The van der Waals surface area contributed by atoms with Crippen molar-refractivity contribution in [3.05, 3.63) is 54.1 Å². The molecule has 0 radical (unpaired) electrons. The molecule has 0 amide bonds. The Hall–Kier alpha value is -2.05. The topological polar surface area (TPSA) is 92.4 Å². The summed E-state index contributed by atoms with van der Waals surface area (Å²) in [4.78, 5) is 0.0507. The summed E-state index contributed by atoms with van der Waals surface area (Å²) in [5.41, 5.74) is 1.35. The van der Waals surface area contributed by atoms with Gasteiger partial charge in [0.2, 0.25) is 10.0 Å². The van der Waals surface area contributed by atoms with E-state index in [1.807, 2.05) is 6.07 Å². The van der Waals surface area contributed by atoms with Gasteiger partial charge in [-0.15, -0.1) is 0 Å². The second-order valence-corrected chi connectivity index (χ2v) is 5.62. The Bertz CT molecular complexity index is 684. The van der Waals surface area contributed by atoms with E-state index in [9.17, 15) is 13.5 Å². The van der Waals surface area contributed by atoms with Crippen LogP contribution in [-0.2, 0) is 16.6 Å². The second-order valence-electron chi connectivity index (χ2n) is 4.06. The molecule has 2 aromatic carbocycles. The van der Waals surface area contributed by atoms with E-state index in [2.05, 4.69) is 5.32 Å². The lowest BCUT2D eigenvalue weighted by molar-refractivity contribution is 0.469. The van der Waals surface area contributed by atoms with Gasteiger partial charge in [0, 0.05) is 17.8 Å². The highest BCUT2D eigenvalue weighted by Gasteiger charge is 2.08. The van der Waals surface area contributed by atoms with E-state index in [1.165, 1.54) is 12.1 Å². The Balaban J connectivity index is 2.15. The number of phenolic OH excluding ortho intramolecular Hbond substituents is 1. The average Bonchev–Trinajstić information content (AvgIpc) is 2.37. The normalized spacial score (nSPS) is 11.2. The van der Waals surface area contributed by atoms with Gasteiger partial charge in [0.1, 0.15) is 5.75 Å². The summed E-state index contributed by atoms with van der Waals surface area (Å²) >= 11 is 0. The zero-order valence-corrected chi connectivity index (χ0v) is 10.9. The minimum Gasteiger partial charge on any atom is -0.508 e. The average molecular weight is 278 g/mol. The maximum atomic E-state index is 11.2. The number of nitrogens with two attached hydrogens (primary N) is 1. The van der Waals surface area contributed by atoms with Crippen LogP contribution in [0.5, 0.6) is 5.75 Å². The molecule has 0 saturated heterocycles. The minimum atomic E-state index is -3.71. The third-order valence-corrected chi connectivity index (χ3v) is 3.55. The van der Waals surface area contributed by atoms with Gasteiger partial charge in [-0.1, -0.05) is 24.3 Å². The van der Waals surface area contributed by atoms with Crippen LogP contribution < -0.4 is 10.5 Å². The second kappa shape index (κ2) is 5.29. The first-order valence-electron chi connectivity index (χ1n) is 5.60. The maximum absolute atomic E-state index is 11.2. The summed E-state index contributed by atoms with van der Waals surface area (Å²) in [6.07, 6.45) is 0. The summed E-state index contributed by atoms with van der Waals surface area (Å²) in [5.74, 6) is 0.192. The molecule has 0 fully saturated rings. The molecular weight excluding hydrogens is 264 g/mol. The van der Waals surface area contributed by atoms with Gasteiger partial charge < -0.3 is 10.4 Å². The van der Waals surface area contributed by atoms with E-state index in [0.29, 0.717) is 12.2 Å². The Kier molecular flexibility index (Phi) is 3.73. The third-order valence-electron chi connectivity index (χ3n) is 2.64. The molecule has 5 nitrogen and oxygen atoms in total. The SMILES string of the molecule is NS(=O)(=O)c1cccc(NCc2ccccc2O)c1. The molecule has 19 heavy (non-hydrogen) atoms. The van der Waals surface area contributed by atoms with Crippen LogP contribution in [-0.4, -0.2) is 13.5 Å². The molecule has 0 aliphatic carbocycles. The molecule has 4 N–H and O–H groups in total. The summed E-state index contributed by atoms with van der Waals surface area (Å²) in [6.45, 7) is 0.390. The van der Waals surface area contributed by atoms with Gasteiger partial charge in [-0.05, 0) is 24.3 Å². The van der Waals surface area contributed by atoms with E-state index < -0.39 is 10.0 Å². The van der Waals surface area contributed by atoms with E-state index >= 15 is 0 Å². The van der Waals surface area contributed by atoms with Crippen molar-refractivity contribution in [2.75, 3.05) is 5.32 Å². The summed E-state index contributed by atoms with van der Waals surface area (Å²) in [7, 11) is -3.71. The lowest BCUT2D eigenvalue weighted by Crippen LogP contribution is -2.12.